The van der Waals surface area contributed by atoms with E-state index in [2.05, 4.69) is 15.8 Å². The van der Waals surface area contributed by atoms with Crippen molar-refractivity contribution in [3.05, 3.63) is 71.7 Å². The summed E-state index contributed by atoms with van der Waals surface area (Å²) in [4.78, 5) is 24.7. The van der Waals surface area contributed by atoms with Crippen molar-refractivity contribution in [2.24, 2.45) is 0 Å². The van der Waals surface area contributed by atoms with E-state index in [4.69, 9.17) is 4.52 Å². The van der Waals surface area contributed by atoms with E-state index in [9.17, 15) is 14.0 Å². The Labute approximate surface area is 168 Å². The van der Waals surface area contributed by atoms with Gasteiger partial charge in [-0.2, -0.15) is 0 Å². The number of carbonyl (C=O) groups excluding carboxylic acids is 2. The summed E-state index contributed by atoms with van der Waals surface area (Å²) >= 11 is 0. The van der Waals surface area contributed by atoms with Gasteiger partial charge in [0.05, 0.1) is 5.56 Å². The lowest BCUT2D eigenvalue weighted by molar-refractivity contribution is 0.0910. The third-order valence-electron chi connectivity index (χ3n) is 4.62. The van der Waals surface area contributed by atoms with Crippen LogP contribution in [0, 0.1) is 5.82 Å². The van der Waals surface area contributed by atoms with Crippen LogP contribution < -0.4 is 10.6 Å². The second kappa shape index (κ2) is 8.26. The number of nitrogens with zero attached hydrogens (tertiary/aromatic N) is 1. The Morgan fingerprint density at radius 3 is 2.41 bits per heavy atom. The summed E-state index contributed by atoms with van der Waals surface area (Å²) in [7, 11) is 0. The number of aromatic nitrogens is 1. The smallest absolute Gasteiger partial charge is 0.277 e. The number of rotatable bonds is 6. The molecule has 0 aliphatic rings. The first-order valence-electron chi connectivity index (χ1n) is 9.24. The van der Waals surface area contributed by atoms with Crippen LogP contribution in [0.1, 0.15) is 48.0 Å². The van der Waals surface area contributed by atoms with Gasteiger partial charge >= 0.3 is 0 Å². The molecule has 0 bridgehead atoms. The molecule has 0 atom stereocenters. The predicted molar refractivity (Wildman–Crippen MR) is 108 cm³/mol. The van der Waals surface area contributed by atoms with Crippen LogP contribution in [-0.4, -0.2) is 22.5 Å². The average Bonchev–Trinajstić information content (AvgIpc) is 3.18. The maximum Gasteiger partial charge on any atom is 0.277 e. The van der Waals surface area contributed by atoms with Gasteiger partial charge < -0.3 is 15.2 Å². The van der Waals surface area contributed by atoms with Crippen molar-refractivity contribution in [2.45, 2.75) is 32.7 Å². The molecule has 0 aliphatic heterocycles. The van der Waals surface area contributed by atoms with E-state index >= 15 is 0 Å². The maximum atomic E-state index is 13.8. The van der Waals surface area contributed by atoms with Crippen LogP contribution in [0.3, 0.4) is 0 Å². The Morgan fingerprint density at radius 2 is 1.76 bits per heavy atom. The van der Waals surface area contributed by atoms with Gasteiger partial charge in [-0.1, -0.05) is 24.2 Å². The van der Waals surface area contributed by atoms with Crippen LogP contribution in [-0.2, 0) is 0 Å². The van der Waals surface area contributed by atoms with Crippen LogP contribution in [0.4, 0.5) is 10.1 Å². The van der Waals surface area contributed by atoms with Gasteiger partial charge in [0.15, 0.2) is 11.5 Å². The molecule has 29 heavy (non-hydrogen) atoms. The summed E-state index contributed by atoms with van der Waals surface area (Å²) in [6.07, 6.45) is 0.805. The summed E-state index contributed by atoms with van der Waals surface area (Å²) in [5.74, 6) is -0.976. The molecule has 0 saturated heterocycles. The lowest BCUT2D eigenvalue weighted by atomic mass is 10.0. The Bertz CT molecular complexity index is 1030. The van der Waals surface area contributed by atoms with Crippen LogP contribution >= 0.6 is 0 Å². The maximum absolute atomic E-state index is 13.8. The van der Waals surface area contributed by atoms with Crippen molar-refractivity contribution in [1.82, 2.24) is 10.5 Å². The minimum atomic E-state index is -0.499. The van der Waals surface area contributed by atoms with Gasteiger partial charge in [0.2, 0.25) is 0 Å². The molecule has 0 radical (unpaired) electrons. The molecule has 0 fully saturated rings. The minimum Gasteiger partial charge on any atom is -0.355 e. The van der Waals surface area contributed by atoms with Crippen molar-refractivity contribution in [2.75, 3.05) is 5.32 Å². The fraction of sp³-hybridized carbons (Fsp3) is 0.227. The number of benzene rings is 2. The molecule has 150 valence electrons. The van der Waals surface area contributed by atoms with E-state index in [0.29, 0.717) is 11.3 Å². The van der Waals surface area contributed by atoms with Crippen LogP contribution in [0.15, 0.2) is 59.1 Å². The zero-order chi connectivity index (χ0) is 21.0. The summed E-state index contributed by atoms with van der Waals surface area (Å²) in [6.45, 7) is 5.90. The van der Waals surface area contributed by atoms with Crippen LogP contribution in [0.25, 0.3) is 11.3 Å². The number of carbonyl (C=O) groups is 2. The predicted octanol–water partition coefficient (Wildman–Crippen LogP) is 4.65. The van der Waals surface area contributed by atoms with Crippen molar-refractivity contribution in [3.63, 3.8) is 0 Å². The van der Waals surface area contributed by atoms with E-state index < -0.39 is 11.7 Å². The number of halogens is 1. The molecule has 2 N–H and O–H groups in total. The zero-order valence-electron chi connectivity index (χ0n) is 16.5. The van der Waals surface area contributed by atoms with Gasteiger partial charge in [0.1, 0.15) is 5.82 Å². The topological polar surface area (TPSA) is 84.2 Å². The van der Waals surface area contributed by atoms with E-state index in [1.165, 1.54) is 12.1 Å². The Balaban J connectivity index is 1.67. The summed E-state index contributed by atoms with van der Waals surface area (Å²) in [5, 5.41) is 9.34. The Hall–Kier alpha value is -3.48. The third-order valence-corrected chi connectivity index (χ3v) is 4.62. The van der Waals surface area contributed by atoms with Gasteiger partial charge in [0.25, 0.3) is 11.8 Å². The quantitative estimate of drug-likeness (QED) is 0.636. The standard InChI is InChI=1S/C22H22FN3O3/c1-4-22(2,3)25-20(27)14-9-11-15(12-10-14)24-21(28)18-13-19(29-26-18)16-7-5-6-8-17(16)23/h5-13H,4H2,1-3H3,(H,24,28)(H,25,27). The van der Waals surface area contributed by atoms with E-state index in [1.54, 1.807) is 42.5 Å². The van der Waals surface area contributed by atoms with Gasteiger partial charge in [0, 0.05) is 22.9 Å². The molecule has 0 spiro atoms. The van der Waals surface area contributed by atoms with Crippen molar-refractivity contribution >= 4 is 17.5 Å². The largest absolute Gasteiger partial charge is 0.355 e. The molecule has 3 rings (SSSR count). The molecule has 3 aromatic rings. The lowest BCUT2D eigenvalue weighted by Crippen LogP contribution is -2.42. The SMILES string of the molecule is CCC(C)(C)NC(=O)c1ccc(NC(=O)c2cc(-c3ccccc3F)on2)cc1. The van der Waals surface area contributed by atoms with Crippen molar-refractivity contribution in [1.29, 1.82) is 0 Å². The monoisotopic (exact) mass is 395 g/mol. The van der Waals surface area contributed by atoms with Gasteiger partial charge in [-0.05, 0) is 56.7 Å². The fourth-order valence-electron chi connectivity index (χ4n) is 2.54. The second-order valence-electron chi connectivity index (χ2n) is 7.28. The number of nitrogens with one attached hydrogen (secondary N) is 2. The van der Waals surface area contributed by atoms with E-state index in [1.807, 2.05) is 20.8 Å². The van der Waals surface area contributed by atoms with Gasteiger partial charge in [-0.3, -0.25) is 9.59 Å². The molecular weight excluding hydrogens is 373 g/mol. The van der Waals surface area contributed by atoms with Crippen LogP contribution in [0.2, 0.25) is 0 Å². The highest BCUT2D eigenvalue weighted by Crippen LogP contribution is 2.23. The first kappa shape index (κ1) is 20.3. The second-order valence-corrected chi connectivity index (χ2v) is 7.28. The average molecular weight is 395 g/mol. The minimum absolute atomic E-state index is 0.0229. The number of anilines is 1. The fourth-order valence-corrected chi connectivity index (χ4v) is 2.54. The Kier molecular flexibility index (Phi) is 5.77. The molecule has 1 aromatic heterocycles. The van der Waals surface area contributed by atoms with Gasteiger partial charge in [-0.25, -0.2) is 4.39 Å². The third kappa shape index (κ3) is 4.87. The van der Waals surface area contributed by atoms with Gasteiger partial charge in [-0.15, -0.1) is 0 Å². The van der Waals surface area contributed by atoms with E-state index in [-0.39, 0.29) is 28.5 Å². The first-order chi connectivity index (χ1) is 13.8. The number of amides is 2. The highest BCUT2D eigenvalue weighted by atomic mass is 19.1. The molecule has 1 heterocycles. The molecule has 0 aliphatic carbocycles. The summed E-state index contributed by atoms with van der Waals surface area (Å²) in [6, 6.07) is 14.0. The normalized spacial score (nSPS) is 11.2. The van der Waals surface area contributed by atoms with Crippen molar-refractivity contribution < 1.29 is 18.5 Å². The molecule has 7 heteroatoms. The zero-order valence-corrected chi connectivity index (χ0v) is 16.5. The summed E-state index contributed by atoms with van der Waals surface area (Å²) < 4.78 is 18.9. The first-order valence-corrected chi connectivity index (χ1v) is 9.24. The number of hydrogen-bond acceptors (Lipinski definition) is 4. The van der Waals surface area contributed by atoms with E-state index in [0.717, 1.165) is 6.42 Å². The Morgan fingerprint density at radius 1 is 1.07 bits per heavy atom. The molecule has 2 amide bonds. The molecule has 0 unspecified atom stereocenters. The highest BCUT2D eigenvalue weighted by molar-refractivity contribution is 6.03. The molecule has 0 saturated carbocycles. The highest BCUT2D eigenvalue weighted by Gasteiger charge is 2.19. The lowest BCUT2D eigenvalue weighted by Gasteiger charge is -2.24. The molecular formula is C22H22FN3O3. The number of hydrogen-bond donors (Lipinski definition) is 2. The van der Waals surface area contributed by atoms with Crippen LogP contribution in [0.5, 0.6) is 0 Å². The molecule has 2 aromatic carbocycles. The summed E-state index contributed by atoms with van der Waals surface area (Å²) in [5.41, 5.74) is 0.941. The molecule has 6 nitrogen and oxygen atoms in total. The van der Waals surface area contributed by atoms with Crippen molar-refractivity contribution in [3.8, 4) is 11.3 Å².